The van der Waals surface area contributed by atoms with Crippen LogP contribution >= 0.6 is 0 Å². The molecule has 6 nitrogen and oxygen atoms in total. The van der Waals surface area contributed by atoms with Gasteiger partial charge in [-0.1, -0.05) is 35.9 Å². The summed E-state index contributed by atoms with van der Waals surface area (Å²) >= 11 is 0. The molecule has 0 fully saturated rings. The third-order valence-electron chi connectivity index (χ3n) is 4.93. The molecular weight excluding hydrogens is 368 g/mol. The average molecular weight is 394 g/mol. The molecule has 6 heteroatoms. The van der Waals surface area contributed by atoms with Crippen LogP contribution in [0.4, 0.5) is 5.69 Å². The molecule has 1 atom stereocenters. The Morgan fingerprint density at radius 1 is 1.14 bits per heavy atom. The Bertz CT molecular complexity index is 909. The predicted molar refractivity (Wildman–Crippen MR) is 111 cm³/mol. The molecule has 1 aliphatic rings. The number of carbonyl (C=O) groups is 3. The minimum atomic E-state index is -0.874. The lowest BCUT2D eigenvalue weighted by Gasteiger charge is -2.31. The highest BCUT2D eigenvalue weighted by molar-refractivity contribution is 5.98. The van der Waals surface area contributed by atoms with E-state index in [4.69, 9.17) is 4.74 Å². The second-order valence-electron chi connectivity index (χ2n) is 7.23. The summed E-state index contributed by atoms with van der Waals surface area (Å²) in [5.41, 5.74) is 3.55. The third-order valence-corrected chi connectivity index (χ3v) is 4.93. The van der Waals surface area contributed by atoms with Crippen LogP contribution in [0.25, 0.3) is 0 Å². The Morgan fingerprint density at radius 2 is 1.93 bits per heavy atom. The first-order chi connectivity index (χ1) is 14.0. The second-order valence-corrected chi connectivity index (χ2v) is 7.23. The van der Waals surface area contributed by atoms with Gasteiger partial charge in [0.05, 0.1) is 6.42 Å². The van der Waals surface area contributed by atoms with E-state index in [1.165, 1.54) is 0 Å². The lowest BCUT2D eigenvalue weighted by Crippen LogP contribution is -2.43. The van der Waals surface area contributed by atoms with E-state index in [1.54, 1.807) is 24.0 Å². The van der Waals surface area contributed by atoms with Crippen molar-refractivity contribution < 1.29 is 19.1 Å². The van der Waals surface area contributed by atoms with Gasteiger partial charge in [-0.2, -0.15) is 0 Å². The van der Waals surface area contributed by atoms with Gasteiger partial charge in [-0.25, -0.2) is 0 Å². The van der Waals surface area contributed by atoms with Crippen molar-refractivity contribution in [3.63, 3.8) is 0 Å². The van der Waals surface area contributed by atoms with Gasteiger partial charge >= 0.3 is 5.97 Å². The first-order valence-electron chi connectivity index (χ1n) is 9.89. The summed E-state index contributed by atoms with van der Waals surface area (Å²) in [5.74, 6) is -0.981. The molecule has 3 rings (SSSR count). The number of fused-ring (bicyclic) bond motifs is 1. The summed E-state index contributed by atoms with van der Waals surface area (Å²) in [6.45, 7) is 4.26. The number of benzene rings is 2. The summed E-state index contributed by atoms with van der Waals surface area (Å²) in [6.07, 6.45) is 0.954. The quantitative estimate of drug-likeness (QED) is 0.764. The van der Waals surface area contributed by atoms with Crippen molar-refractivity contribution in [2.75, 3.05) is 18.0 Å². The van der Waals surface area contributed by atoms with E-state index in [2.05, 4.69) is 5.32 Å². The molecule has 29 heavy (non-hydrogen) atoms. The summed E-state index contributed by atoms with van der Waals surface area (Å²) in [6, 6.07) is 15.0. The van der Waals surface area contributed by atoms with Crippen molar-refractivity contribution in [1.29, 1.82) is 0 Å². The maximum Gasteiger partial charge on any atom is 0.308 e. The van der Waals surface area contributed by atoms with Crippen LogP contribution in [0.1, 0.15) is 41.3 Å². The normalized spacial score (nSPS) is 13.9. The lowest BCUT2D eigenvalue weighted by molar-refractivity contribution is -0.153. The van der Waals surface area contributed by atoms with Gasteiger partial charge in [-0.3, -0.25) is 14.4 Å². The summed E-state index contributed by atoms with van der Waals surface area (Å²) in [5, 5.41) is 2.70. The highest BCUT2D eigenvalue weighted by atomic mass is 16.5. The monoisotopic (exact) mass is 394 g/mol. The smallest absolute Gasteiger partial charge is 0.308 e. The molecule has 0 saturated carbocycles. The molecule has 0 unspecified atom stereocenters. The van der Waals surface area contributed by atoms with E-state index in [9.17, 15) is 14.4 Å². The second kappa shape index (κ2) is 9.37. The van der Waals surface area contributed by atoms with Crippen LogP contribution in [-0.4, -0.2) is 37.0 Å². The number of carbonyl (C=O) groups excluding carboxylic acids is 3. The van der Waals surface area contributed by atoms with Crippen LogP contribution in [-0.2, 0) is 20.7 Å². The van der Waals surface area contributed by atoms with Crippen molar-refractivity contribution in [3.05, 3.63) is 65.2 Å². The average Bonchev–Trinajstić information content (AvgIpc) is 2.72. The number of hydrogen-bond donors (Lipinski definition) is 1. The molecule has 0 aromatic heterocycles. The van der Waals surface area contributed by atoms with Crippen molar-refractivity contribution in [1.82, 2.24) is 5.32 Å². The van der Waals surface area contributed by atoms with Crippen LogP contribution in [0.3, 0.4) is 0 Å². The number of nitrogens with zero attached hydrogens (tertiary/aromatic N) is 1. The standard InChI is InChI=1S/C23H26N2O4/c1-16-7-5-9-19(15-16)22(27)24-13-12-21(26)29-17(2)23(28)25-14-6-10-18-8-3-4-11-20(18)25/h3-5,7-9,11,15,17H,6,10,12-14H2,1-2H3,(H,24,27)/t17-/m0/s1. The highest BCUT2D eigenvalue weighted by Gasteiger charge is 2.28. The Morgan fingerprint density at radius 3 is 2.72 bits per heavy atom. The molecule has 152 valence electrons. The molecular formula is C23H26N2O4. The van der Waals surface area contributed by atoms with Crippen LogP contribution in [0.2, 0.25) is 0 Å². The Hall–Kier alpha value is -3.15. The zero-order valence-corrected chi connectivity index (χ0v) is 16.8. The largest absolute Gasteiger partial charge is 0.452 e. The van der Waals surface area contributed by atoms with E-state index < -0.39 is 12.1 Å². The molecule has 0 aliphatic carbocycles. The minimum absolute atomic E-state index is 0.00572. The number of ether oxygens (including phenoxy) is 1. The molecule has 0 bridgehead atoms. The number of hydrogen-bond acceptors (Lipinski definition) is 4. The fraction of sp³-hybridized carbons (Fsp3) is 0.348. The van der Waals surface area contributed by atoms with Gasteiger partial charge in [0, 0.05) is 24.3 Å². The van der Waals surface area contributed by atoms with Gasteiger partial charge in [0.25, 0.3) is 11.8 Å². The van der Waals surface area contributed by atoms with E-state index in [1.807, 2.05) is 43.3 Å². The van der Waals surface area contributed by atoms with Gasteiger partial charge in [0.1, 0.15) is 0 Å². The number of nitrogens with one attached hydrogen (secondary N) is 1. The van der Waals surface area contributed by atoms with Gasteiger partial charge in [0.2, 0.25) is 0 Å². The van der Waals surface area contributed by atoms with E-state index in [-0.39, 0.29) is 24.8 Å². The number of amides is 2. The first kappa shape index (κ1) is 20.6. The van der Waals surface area contributed by atoms with Gasteiger partial charge < -0.3 is 15.0 Å². The maximum absolute atomic E-state index is 12.8. The Balaban J connectivity index is 1.48. The fourth-order valence-electron chi connectivity index (χ4n) is 3.45. The van der Waals surface area contributed by atoms with E-state index >= 15 is 0 Å². The SMILES string of the molecule is Cc1cccc(C(=O)NCCC(=O)O[C@@H](C)C(=O)N2CCCc3ccccc32)c1. The summed E-state index contributed by atoms with van der Waals surface area (Å²) in [4.78, 5) is 38.7. The topological polar surface area (TPSA) is 75.7 Å². The van der Waals surface area contributed by atoms with E-state index in [0.29, 0.717) is 12.1 Å². The molecule has 0 radical (unpaired) electrons. The van der Waals surface area contributed by atoms with Crippen LogP contribution in [0.15, 0.2) is 48.5 Å². The molecule has 1 aliphatic heterocycles. The van der Waals surface area contributed by atoms with E-state index in [0.717, 1.165) is 29.7 Å². The van der Waals surface area contributed by atoms with Crippen molar-refractivity contribution in [3.8, 4) is 0 Å². The van der Waals surface area contributed by atoms with Gasteiger partial charge in [0.15, 0.2) is 6.10 Å². The number of rotatable bonds is 6. The predicted octanol–water partition coefficient (Wildman–Crippen LogP) is 3.03. The maximum atomic E-state index is 12.8. The van der Waals surface area contributed by atoms with Gasteiger partial charge in [-0.15, -0.1) is 0 Å². The number of para-hydroxylation sites is 1. The summed E-state index contributed by atoms with van der Waals surface area (Å²) < 4.78 is 5.31. The lowest BCUT2D eigenvalue weighted by atomic mass is 10.0. The third kappa shape index (κ3) is 5.22. The molecule has 0 saturated heterocycles. The zero-order chi connectivity index (χ0) is 20.8. The van der Waals surface area contributed by atoms with Crippen LogP contribution in [0.5, 0.6) is 0 Å². The fourth-order valence-corrected chi connectivity index (χ4v) is 3.45. The Labute approximate surface area is 170 Å². The van der Waals surface area contributed by atoms with Crippen molar-refractivity contribution in [2.45, 2.75) is 39.2 Å². The highest BCUT2D eigenvalue weighted by Crippen LogP contribution is 2.27. The van der Waals surface area contributed by atoms with Crippen molar-refractivity contribution >= 4 is 23.5 Å². The molecule has 2 aromatic rings. The summed E-state index contributed by atoms with van der Waals surface area (Å²) in [7, 11) is 0. The van der Waals surface area contributed by atoms with Crippen LogP contribution in [0, 0.1) is 6.92 Å². The molecule has 1 heterocycles. The number of esters is 1. The zero-order valence-electron chi connectivity index (χ0n) is 16.8. The number of anilines is 1. The first-order valence-corrected chi connectivity index (χ1v) is 9.89. The van der Waals surface area contributed by atoms with Crippen LogP contribution < -0.4 is 10.2 Å². The van der Waals surface area contributed by atoms with Gasteiger partial charge in [-0.05, 0) is 50.5 Å². The number of aryl methyl sites for hydroxylation is 2. The molecule has 2 amide bonds. The van der Waals surface area contributed by atoms with Crippen molar-refractivity contribution in [2.24, 2.45) is 0 Å². The molecule has 2 aromatic carbocycles. The molecule has 0 spiro atoms. The molecule has 1 N–H and O–H groups in total. The Kier molecular flexibility index (Phi) is 6.65. The minimum Gasteiger partial charge on any atom is -0.452 e.